The van der Waals surface area contributed by atoms with Crippen LogP contribution in [0.1, 0.15) is 5.01 Å². The second-order valence-corrected chi connectivity index (χ2v) is 5.79. The molecule has 0 aliphatic carbocycles. The first-order chi connectivity index (χ1) is 10.9. The Morgan fingerprint density at radius 3 is 2.70 bits per heavy atom. The van der Waals surface area contributed by atoms with Gasteiger partial charge < -0.3 is 4.42 Å². The molecule has 4 rings (SSSR count). The van der Waals surface area contributed by atoms with Gasteiger partial charge >= 0.3 is 12.3 Å². The fourth-order valence-corrected chi connectivity index (χ4v) is 3.01. The molecular formula is C14H7F4N3OS. The van der Waals surface area contributed by atoms with E-state index in [0.29, 0.717) is 28.4 Å². The first-order valence-electron chi connectivity index (χ1n) is 6.47. The first kappa shape index (κ1) is 14.2. The zero-order chi connectivity index (χ0) is 16.2. The van der Waals surface area contributed by atoms with Crippen molar-refractivity contribution in [1.29, 1.82) is 0 Å². The number of halogens is 4. The minimum Gasteiger partial charge on any atom is -0.454 e. The molecule has 0 spiro atoms. The molecule has 0 bridgehead atoms. The van der Waals surface area contributed by atoms with E-state index in [-0.39, 0.29) is 4.96 Å². The predicted octanol–water partition coefficient (Wildman–Crippen LogP) is 4.56. The number of nitrogens with zero attached hydrogens (tertiary/aromatic N) is 3. The fraction of sp³-hybridized carbons (Fsp3) is 0.143. The Morgan fingerprint density at radius 2 is 2.00 bits per heavy atom. The van der Waals surface area contributed by atoms with Crippen molar-refractivity contribution < 1.29 is 22.0 Å². The summed E-state index contributed by atoms with van der Waals surface area (Å²) in [6.07, 6.45) is -2.44. The largest absolute Gasteiger partial charge is 0.454 e. The Kier molecular flexibility index (Phi) is 2.95. The molecule has 0 amide bonds. The molecule has 0 aliphatic rings. The van der Waals surface area contributed by atoms with Crippen LogP contribution in [0.2, 0.25) is 0 Å². The maximum Gasteiger partial charge on any atom is 0.359 e. The van der Waals surface area contributed by atoms with Crippen molar-refractivity contribution in [1.82, 2.24) is 14.6 Å². The standard InChI is InChI=1S/C14H7F4N3OS/c15-11(16)14(17,18)12-20-21-6-8(19-13(21)23-12)10-5-7-3-1-2-4-9(7)22-10/h1-6,11H. The molecule has 0 unspecified atom stereocenters. The van der Waals surface area contributed by atoms with Crippen LogP contribution in [-0.4, -0.2) is 21.0 Å². The van der Waals surface area contributed by atoms with Crippen LogP contribution < -0.4 is 0 Å². The SMILES string of the molecule is FC(F)C(F)(F)c1nn2cc(-c3cc4ccccc4o3)nc2s1. The van der Waals surface area contributed by atoms with Gasteiger partial charge in [-0.2, -0.15) is 13.9 Å². The third-order valence-electron chi connectivity index (χ3n) is 3.28. The van der Waals surface area contributed by atoms with Gasteiger partial charge in [0.1, 0.15) is 11.3 Å². The highest BCUT2D eigenvalue weighted by molar-refractivity contribution is 7.16. The van der Waals surface area contributed by atoms with Crippen LogP contribution >= 0.6 is 11.3 Å². The maximum atomic E-state index is 13.3. The Labute approximate surface area is 130 Å². The minimum atomic E-state index is -4.29. The van der Waals surface area contributed by atoms with E-state index in [1.807, 2.05) is 18.2 Å². The second kappa shape index (κ2) is 4.79. The monoisotopic (exact) mass is 341 g/mol. The molecule has 118 valence electrons. The normalized spacial score (nSPS) is 12.7. The van der Waals surface area contributed by atoms with Crippen LogP contribution in [0.15, 0.2) is 40.9 Å². The topological polar surface area (TPSA) is 43.3 Å². The molecule has 23 heavy (non-hydrogen) atoms. The van der Waals surface area contributed by atoms with Gasteiger partial charge in [0.15, 0.2) is 10.8 Å². The van der Waals surface area contributed by atoms with Gasteiger partial charge in [0.25, 0.3) is 0 Å². The van der Waals surface area contributed by atoms with E-state index in [0.717, 1.165) is 9.90 Å². The Hall–Kier alpha value is -2.42. The zero-order valence-corrected chi connectivity index (χ0v) is 12.0. The Morgan fingerprint density at radius 1 is 1.22 bits per heavy atom. The van der Waals surface area contributed by atoms with Gasteiger partial charge in [0, 0.05) is 5.39 Å². The molecule has 0 saturated carbocycles. The second-order valence-electron chi connectivity index (χ2n) is 4.83. The average Bonchev–Trinajstić information content (AvgIpc) is 3.18. The lowest BCUT2D eigenvalue weighted by Gasteiger charge is -2.10. The molecule has 3 heterocycles. The van der Waals surface area contributed by atoms with Crippen molar-refractivity contribution >= 4 is 27.3 Å². The van der Waals surface area contributed by atoms with Crippen LogP contribution in [0.25, 0.3) is 27.4 Å². The molecule has 1 aromatic carbocycles. The zero-order valence-electron chi connectivity index (χ0n) is 11.2. The molecule has 0 atom stereocenters. The van der Waals surface area contributed by atoms with Crippen molar-refractivity contribution in [3.8, 4) is 11.5 Å². The van der Waals surface area contributed by atoms with E-state index in [2.05, 4.69) is 10.1 Å². The van der Waals surface area contributed by atoms with Gasteiger partial charge in [0.2, 0.25) is 4.96 Å². The molecule has 0 aliphatic heterocycles. The van der Waals surface area contributed by atoms with Gasteiger partial charge in [-0.05, 0) is 12.1 Å². The molecule has 4 aromatic rings. The maximum absolute atomic E-state index is 13.3. The van der Waals surface area contributed by atoms with E-state index < -0.39 is 17.4 Å². The average molecular weight is 341 g/mol. The summed E-state index contributed by atoms with van der Waals surface area (Å²) in [5.74, 6) is -3.84. The number of aromatic nitrogens is 3. The Balaban J connectivity index is 1.77. The van der Waals surface area contributed by atoms with Crippen molar-refractivity contribution in [3.63, 3.8) is 0 Å². The highest BCUT2D eigenvalue weighted by Gasteiger charge is 2.46. The number of alkyl halides is 4. The Bertz CT molecular complexity index is 939. The molecule has 3 aromatic heterocycles. The summed E-state index contributed by atoms with van der Waals surface area (Å²) in [5.41, 5.74) is 1.06. The lowest BCUT2D eigenvalue weighted by atomic mass is 10.2. The van der Waals surface area contributed by atoms with E-state index in [4.69, 9.17) is 4.42 Å². The highest BCUT2D eigenvalue weighted by atomic mass is 32.1. The number of fused-ring (bicyclic) bond motifs is 2. The number of rotatable bonds is 3. The lowest BCUT2D eigenvalue weighted by Crippen LogP contribution is -2.23. The minimum absolute atomic E-state index is 0.0933. The quantitative estimate of drug-likeness (QED) is 0.513. The number of imidazole rings is 1. The number of hydrogen-bond donors (Lipinski definition) is 0. The van der Waals surface area contributed by atoms with Crippen LogP contribution in [0.3, 0.4) is 0 Å². The summed E-state index contributed by atoms with van der Waals surface area (Å²) in [5, 5.41) is 3.41. The molecule has 0 fully saturated rings. The van der Waals surface area contributed by atoms with Crippen LogP contribution in [0.5, 0.6) is 0 Å². The van der Waals surface area contributed by atoms with Crippen molar-refractivity contribution in [2.24, 2.45) is 0 Å². The van der Waals surface area contributed by atoms with Crippen molar-refractivity contribution in [2.75, 3.05) is 0 Å². The van der Waals surface area contributed by atoms with Crippen LogP contribution in [0.4, 0.5) is 17.6 Å². The highest BCUT2D eigenvalue weighted by Crippen LogP contribution is 2.37. The van der Waals surface area contributed by atoms with Gasteiger partial charge in [-0.3, -0.25) is 0 Å². The number of benzene rings is 1. The number of hydrogen-bond acceptors (Lipinski definition) is 4. The molecule has 0 N–H and O–H groups in total. The number of para-hydroxylation sites is 1. The molecule has 9 heteroatoms. The van der Waals surface area contributed by atoms with E-state index in [9.17, 15) is 17.6 Å². The molecule has 0 saturated heterocycles. The summed E-state index contributed by atoms with van der Waals surface area (Å²) in [6, 6.07) is 9.09. The summed E-state index contributed by atoms with van der Waals surface area (Å²) in [7, 11) is 0. The fourth-order valence-electron chi connectivity index (χ4n) is 2.16. The van der Waals surface area contributed by atoms with E-state index >= 15 is 0 Å². The van der Waals surface area contributed by atoms with Gasteiger partial charge in [-0.15, -0.1) is 0 Å². The lowest BCUT2D eigenvalue weighted by molar-refractivity contribution is -0.135. The first-order valence-corrected chi connectivity index (χ1v) is 7.28. The van der Waals surface area contributed by atoms with Crippen molar-refractivity contribution in [3.05, 3.63) is 41.5 Å². The molecular weight excluding hydrogens is 334 g/mol. The summed E-state index contributed by atoms with van der Waals surface area (Å²) in [4.78, 5) is 4.21. The van der Waals surface area contributed by atoms with E-state index in [1.165, 1.54) is 6.20 Å². The summed E-state index contributed by atoms with van der Waals surface area (Å²) < 4.78 is 58.0. The van der Waals surface area contributed by atoms with Crippen LogP contribution in [0, 0.1) is 0 Å². The van der Waals surface area contributed by atoms with Crippen LogP contribution in [-0.2, 0) is 5.92 Å². The number of furan rings is 1. The predicted molar refractivity (Wildman–Crippen MR) is 76.0 cm³/mol. The smallest absolute Gasteiger partial charge is 0.359 e. The van der Waals surface area contributed by atoms with E-state index in [1.54, 1.807) is 12.1 Å². The van der Waals surface area contributed by atoms with Gasteiger partial charge in [0.05, 0.1) is 6.20 Å². The summed E-state index contributed by atoms with van der Waals surface area (Å²) in [6.45, 7) is 0. The third-order valence-corrected chi connectivity index (χ3v) is 4.29. The molecule has 4 nitrogen and oxygen atoms in total. The summed E-state index contributed by atoms with van der Waals surface area (Å²) >= 11 is 0.424. The molecule has 0 radical (unpaired) electrons. The van der Waals surface area contributed by atoms with Gasteiger partial charge in [-0.25, -0.2) is 18.3 Å². The third kappa shape index (κ3) is 2.19. The van der Waals surface area contributed by atoms with Crippen molar-refractivity contribution in [2.45, 2.75) is 12.3 Å². The van der Waals surface area contributed by atoms with Gasteiger partial charge in [-0.1, -0.05) is 29.5 Å².